The van der Waals surface area contributed by atoms with Gasteiger partial charge in [-0.15, -0.1) is 11.3 Å². The summed E-state index contributed by atoms with van der Waals surface area (Å²) in [5.74, 6) is 1.28. The molecule has 1 aromatic heterocycles. The molecule has 0 fully saturated rings. The topological polar surface area (TPSA) is 49.9 Å². The monoisotopic (exact) mass is 442 g/mol. The number of ether oxygens (including phenoxy) is 1. The Morgan fingerprint density at radius 3 is 2.48 bits per heavy atom. The first-order valence-electron chi connectivity index (χ1n) is 11.2. The van der Waals surface area contributed by atoms with Crippen molar-refractivity contribution in [3.63, 3.8) is 0 Å². The van der Waals surface area contributed by atoms with Crippen LogP contribution >= 0.6 is 11.3 Å². The summed E-state index contributed by atoms with van der Waals surface area (Å²) in [5, 5.41) is 2.09. The lowest BCUT2D eigenvalue weighted by molar-refractivity contribution is -0.144. The van der Waals surface area contributed by atoms with Crippen LogP contribution in [0.1, 0.15) is 69.0 Å². The fraction of sp³-hybridized carbons (Fsp3) is 0.520. The maximum atomic E-state index is 13.3. The molecule has 1 atom stereocenters. The predicted molar refractivity (Wildman–Crippen MR) is 126 cm³/mol. The highest BCUT2D eigenvalue weighted by Crippen LogP contribution is 2.34. The Hall–Kier alpha value is -2.34. The Morgan fingerprint density at radius 2 is 1.87 bits per heavy atom. The summed E-state index contributed by atoms with van der Waals surface area (Å²) in [6, 6.07) is 10.1. The van der Waals surface area contributed by atoms with Gasteiger partial charge in [-0.05, 0) is 60.9 Å². The molecule has 1 aromatic carbocycles. The summed E-state index contributed by atoms with van der Waals surface area (Å²) in [6.07, 6.45) is 1.25. The van der Waals surface area contributed by atoms with E-state index in [1.54, 1.807) is 16.2 Å². The summed E-state index contributed by atoms with van der Waals surface area (Å²) >= 11 is 1.74. The van der Waals surface area contributed by atoms with Crippen LogP contribution in [0.25, 0.3) is 0 Å². The largest absolute Gasteiger partial charge is 0.491 e. The van der Waals surface area contributed by atoms with E-state index in [1.165, 1.54) is 16.0 Å². The highest BCUT2D eigenvalue weighted by Gasteiger charge is 2.33. The Bertz CT molecular complexity index is 888. The lowest BCUT2D eigenvalue weighted by atomic mass is 10.00. The first-order chi connectivity index (χ1) is 14.8. The Balaban J connectivity index is 1.76. The van der Waals surface area contributed by atoms with Gasteiger partial charge in [-0.3, -0.25) is 9.59 Å². The highest BCUT2D eigenvalue weighted by atomic mass is 32.1. The van der Waals surface area contributed by atoms with Crippen molar-refractivity contribution in [1.82, 2.24) is 9.80 Å². The molecular formula is C25H34N2O3S. The van der Waals surface area contributed by atoms with Crippen molar-refractivity contribution in [2.24, 2.45) is 0 Å². The van der Waals surface area contributed by atoms with Crippen molar-refractivity contribution in [1.29, 1.82) is 0 Å². The van der Waals surface area contributed by atoms with Crippen molar-refractivity contribution in [3.8, 4) is 5.75 Å². The second kappa shape index (κ2) is 10.3. The average molecular weight is 443 g/mol. The van der Waals surface area contributed by atoms with E-state index in [4.69, 9.17) is 4.74 Å². The number of hydrogen-bond acceptors (Lipinski definition) is 4. The minimum Gasteiger partial charge on any atom is -0.491 e. The van der Waals surface area contributed by atoms with Crippen molar-refractivity contribution >= 4 is 23.2 Å². The summed E-state index contributed by atoms with van der Waals surface area (Å²) < 4.78 is 6.14. The normalized spacial score (nSPS) is 15.8. The molecule has 5 nitrogen and oxygen atoms in total. The van der Waals surface area contributed by atoms with Crippen molar-refractivity contribution in [2.75, 3.05) is 19.7 Å². The van der Waals surface area contributed by atoms with Gasteiger partial charge in [0, 0.05) is 23.9 Å². The van der Waals surface area contributed by atoms with Gasteiger partial charge in [0.2, 0.25) is 11.8 Å². The Morgan fingerprint density at radius 1 is 1.16 bits per heavy atom. The number of rotatable bonds is 8. The molecule has 0 bridgehead atoms. The highest BCUT2D eigenvalue weighted by molar-refractivity contribution is 7.10. The van der Waals surface area contributed by atoms with Crippen LogP contribution in [0.2, 0.25) is 0 Å². The molecule has 2 heterocycles. The van der Waals surface area contributed by atoms with Gasteiger partial charge >= 0.3 is 0 Å². The van der Waals surface area contributed by atoms with Gasteiger partial charge in [0.05, 0.1) is 12.6 Å². The lowest BCUT2D eigenvalue weighted by Crippen LogP contribution is -2.49. The van der Waals surface area contributed by atoms with E-state index in [2.05, 4.69) is 37.4 Å². The maximum Gasteiger partial charge on any atom is 0.242 e. The smallest absolute Gasteiger partial charge is 0.242 e. The molecule has 2 amide bonds. The van der Waals surface area contributed by atoms with E-state index in [0.29, 0.717) is 25.5 Å². The summed E-state index contributed by atoms with van der Waals surface area (Å²) in [4.78, 5) is 30.5. The summed E-state index contributed by atoms with van der Waals surface area (Å²) in [5.41, 5.74) is 2.44. The quantitative estimate of drug-likeness (QED) is 0.577. The van der Waals surface area contributed by atoms with Gasteiger partial charge in [-0.2, -0.15) is 0 Å². The second-order valence-electron chi connectivity index (χ2n) is 8.66. The zero-order valence-corrected chi connectivity index (χ0v) is 20.1. The molecule has 31 heavy (non-hydrogen) atoms. The van der Waals surface area contributed by atoms with E-state index < -0.39 is 0 Å². The van der Waals surface area contributed by atoms with Gasteiger partial charge in [0.15, 0.2) is 0 Å². The number of fused-ring (bicyclic) bond motifs is 1. The van der Waals surface area contributed by atoms with Crippen molar-refractivity contribution < 1.29 is 14.3 Å². The maximum absolute atomic E-state index is 13.3. The molecule has 0 aliphatic carbocycles. The molecule has 1 aliphatic rings. The summed E-state index contributed by atoms with van der Waals surface area (Å²) in [6.45, 7) is 11.3. The number of carbonyl (C=O) groups excluding carboxylic acids is 2. The van der Waals surface area contributed by atoms with Gasteiger partial charge in [0.1, 0.15) is 12.4 Å². The lowest BCUT2D eigenvalue weighted by Gasteiger charge is -2.37. The molecule has 3 rings (SSSR count). The van der Waals surface area contributed by atoms with E-state index in [9.17, 15) is 9.59 Å². The molecule has 1 aliphatic heterocycles. The van der Waals surface area contributed by atoms with Gasteiger partial charge < -0.3 is 14.5 Å². The van der Waals surface area contributed by atoms with Crippen LogP contribution in [0.5, 0.6) is 5.75 Å². The van der Waals surface area contributed by atoms with E-state index >= 15 is 0 Å². The average Bonchev–Trinajstić information content (AvgIpc) is 3.24. The van der Waals surface area contributed by atoms with Gasteiger partial charge in [0.25, 0.3) is 0 Å². The van der Waals surface area contributed by atoms with Crippen LogP contribution in [0.4, 0.5) is 0 Å². The van der Waals surface area contributed by atoms with Crippen LogP contribution in [-0.2, 0) is 16.0 Å². The zero-order chi connectivity index (χ0) is 22.5. The van der Waals surface area contributed by atoms with Crippen LogP contribution in [0, 0.1) is 0 Å². The van der Waals surface area contributed by atoms with Crippen LogP contribution < -0.4 is 4.74 Å². The van der Waals surface area contributed by atoms with Crippen molar-refractivity contribution in [3.05, 3.63) is 51.7 Å². The molecule has 168 valence electrons. The van der Waals surface area contributed by atoms with Crippen LogP contribution in [0.3, 0.4) is 0 Å². The minimum atomic E-state index is -0.141. The van der Waals surface area contributed by atoms with E-state index in [0.717, 1.165) is 12.2 Å². The van der Waals surface area contributed by atoms with Crippen LogP contribution in [-0.4, -0.2) is 47.4 Å². The molecule has 0 spiro atoms. The molecule has 0 saturated heterocycles. The van der Waals surface area contributed by atoms with Crippen LogP contribution in [0.15, 0.2) is 35.7 Å². The standard InChI is InChI=1S/C25H34N2O3S/c1-6-24(28)27(18(4)5)15-25(29)26-13-11-23-21(12-14-31-23)22(26)16-30-20-9-7-19(8-10-20)17(2)3/h7-10,12,14,17-18,22H,6,11,13,15-16H2,1-5H3/t22-/m0/s1. The van der Waals surface area contributed by atoms with E-state index in [1.807, 2.05) is 37.8 Å². The van der Waals surface area contributed by atoms with Gasteiger partial charge in [-0.25, -0.2) is 0 Å². The molecule has 0 saturated carbocycles. The molecule has 0 unspecified atom stereocenters. The first kappa shape index (κ1) is 23.3. The Kier molecular flexibility index (Phi) is 7.76. The number of thiophene rings is 1. The minimum absolute atomic E-state index is 0.00734. The number of hydrogen-bond donors (Lipinski definition) is 0. The number of nitrogens with zero attached hydrogens (tertiary/aromatic N) is 2. The molecule has 6 heteroatoms. The Labute approximate surface area is 190 Å². The third-order valence-corrected chi connectivity index (χ3v) is 6.92. The fourth-order valence-electron chi connectivity index (χ4n) is 4.00. The van der Waals surface area contributed by atoms with Gasteiger partial charge in [-0.1, -0.05) is 32.9 Å². The fourth-order valence-corrected chi connectivity index (χ4v) is 4.93. The molecule has 0 radical (unpaired) electrons. The first-order valence-corrected chi connectivity index (χ1v) is 12.1. The zero-order valence-electron chi connectivity index (χ0n) is 19.3. The second-order valence-corrected chi connectivity index (χ2v) is 9.66. The molecule has 0 N–H and O–H groups in total. The molecular weight excluding hydrogens is 408 g/mol. The SMILES string of the molecule is CCC(=O)N(CC(=O)N1CCc2sccc2[C@@H]1COc1ccc(C(C)C)cc1)C(C)C. The third-order valence-electron chi connectivity index (χ3n) is 5.92. The number of amides is 2. The summed E-state index contributed by atoms with van der Waals surface area (Å²) in [7, 11) is 0. The number of benzene rings is 1. The van der Waals surface area contributed by atoms with E-state index in [-0.39, 0.29) is 30.4 Å². The molecule has 2 aromatic rings. The number of carbonyl (C=O) groups is 2. The van der Waals surface area contributed by atoms with Crippen molar-refractivity contribution in [2.45, 2.75) is 65.5 Å². The third kappa shape index (κ3) is 5.48. The predicted octanol–water partition coefficient (Wildman–Crippen LogP) is 5.02.